The Hall–Kier alpha value is -2.90. The van der Waals surface area contributed by atoms with Crippen molar-refractivity contribution in [3.63, 3.8) is 0 Å². The van der Waals surface area contributed by atoms with Crippen molar-refractivity contribution in [2.45, 2.75) is 24.8 Å². The summed E-state index contributed by atoms with van der Waals surface area (Å²) < 4.78 is 33.2. The van der Waals surface area contributed by atoms with E-state index in [0.717, 1.165) is 5.56 Å². The number of rotatable bonds is 8. The molecule has 0 bridgehead atoms. The number of hydrogen-bond donors (Lipinski definition) is 1. The molecule has 0 radical (unpaired) electrons. The molecular weight excluding hydrogens is 376 g/mol. The van der Waals surface area contributed by atoms with Crippen molar-refractivity contribution < 1.29 is 17.6 Å². The zero-order valence-electron chi connectivity index (χ0n) is 15.5. The molecule has 0 spiro atoms. The molecule has 0 aliphatic heterocycles. The first-order valence-electron chi connectivity index (χ1n) is 8.89. The largest absolute Gasteiger partial charge is 0.468 e. The summed E-state index contributed by atoms with van der Waals surface area (Å²) in [7, 11) is -3.73. The van der Waals surface area contributed by atoms with Gasteiger partial charge in [-0.1, -0.05) is 30.3 Å². The molecule has 0 aliphatic carbocycles. The van der Waals surface area contributed by atoms with Crippen LogP contribution in [0.1, 0.15) is 18.2 Å². The highest BCUT2D eigenvalue weighted by Gasteiger charge is 2.25. The lowest BCUT2D eigenvalue weighted by Crippen LogP contribution is -2.32. The van der Waals surface area contributed by atoms with E-state index in [4.69, 9.17) is 4.42 Å². The second kappa shape index (κ2) is 8.86. The number of nitrogens with one attached hydrogen (secondary N) is 1. The van der Waals surface area contributed by atoms with Crippen LogP contribution in [0, 0.1) is 0 Å². The molecule has 0 saturated carbocycles. The summed E-state index contributed by atoms with van der Waals surface area (Å²) in [6.45, 7) is 1.87. The van der Waals surface area contributed by atoms with Crippen molar-refractivity contribution in [2.75, 3.05) is 11.9 Å². The fourth-order valence-corrected chi connectivity index (χ4v) is 4.23. The molecule has 1 heterocycles. The maximum atomic E-state index is 13.2. The van der Waals surface area contributed by atoms with Gasteiger partial charge in [-0.05, 0) is 48.4 Å². The third-order valence-electron chi connectivity index (χ3n) is 4.22. The molecule has 0 saturated heterocycles. The van der Waals surface area contributed by atoms with Gasteiger partial charge in [-0.25, -0.2) is 8.42 Å². The second-order valence-corrected chi connectivity index (χ2v) is 8.30. The molecule has 0 fully saturated rings. The van der Waals surface area contributed by atoms with Crippen molar-refractivity contribution in [3.8, 4) is 0 Å². The van der Waals surface area contributed by atoms with Gasteiger partial charge in [-0.2, -0.15) is 4.31 Å². The predicted molar refractivity (Wildman–Crippen MR) is 107 cm³/mol. The molecule has 0 atom stereocenters. The Balaban J connectivity index is 1.83. The molecule has 0 unspecified atom stereocenters. The number of nitrogens with zero attached hydrogens (tertiary/aromatic N) is 1. The van der Waals surface area contributed by atoms with Gasteiger partial charge in [0.25, 0.3) is 0 Å². The number of carbonyl (C=O) groups excluding carboxylic acids is 1. The Bertz CT molecular complexity index is 998. The van der Waals surface area contributed by atoms with Crippen LogP contribution in [-0.2, 0) is 27.8 Å². The Kier molecular flexibility index (Phi) is 6.28. The van der Waals surface area contributed by atoms with Crippen LogP contribution in [-0.4, -0.2) is 25.2 Å². The Labute approximate surface area is 164 Å². The van der Waals surface area contributed by atoms with E-state index in [-0.39, 0.29) is 17.3 Å². The van der Waals surface area contributed by atoms with Crippen molar-refractivity contribution in [3.05, 3.63) is 84.3 Å². The standard InChI is InChI=1S/C21H22N2O4S/c1-17(24)22-19-9-11-21(12-10-19)28(25,26)23(16-20-8-5-15-27-20)14-13-18-6-3-2-4-7-18/h2-12,15H,13-14,16H2,1H3,(H,22,24). The molecule has 0 aliphatic rings. The second-order valence-electron chi connectivity index (χ2n) is 6.36. The van der Waals surface area contributed by atoms with Gasteiger partial charge in [0.2, 0.25) is 15.9 Å². The summed E-state index contributed by atoms with van der Waals surface area (Å²) >= 11 is 0. The van der Waals surface area contributed by atoms with Crippen molar-refractivity contribution in [2.24, 2.45) is 0 Å². The zero-order chi connectivity index (χ0) is 20.0. The van der Waals surface area contributed by atoms with E-state index >= 15 is 0 Å². The number of sulfonamides is 1. The lowest BCUT2D eigenvalue weighted by molar-refractivity contribution is -0.114. The van der Waals surface area contributed by atoms with Crippen LogP contribution >= 0.6 is 0 Å². The quantitative estimate of drug-likeness (QED) is 0.628. The number of carbonyl (C=O) groups is 1. The zero-order valence-corrected chi connectivity index (χ0v) is 16.4. The van der Waals surface area contributed by atoms with Crippen LogP contribution < -0.4 is 5.32 Å². The fourth-order valence-electron chi connectivity index (χ4n) is 2.82. The molecule has 28 heavy (non-hydrogen) atoms. The Morgan fingerprint density at radius 2 is 1.71 bits per heavy atom. The number of furan rings is 1. The van der Waals surface area contributed by atoms with Crippen LogP contribution in [0.2, 0.25) is 0 Å². The molecule has 7 heteroatoms. The lowest BCUT2D eigenvalue weighted by Gasteiger charge is -2.21. The SMILES string of the molecule is CC(=O)Nc1ccc(S(=O)(=O)N(CCc2ccccc2)Cc2ccco2)cc1. The minimum atomic E-state index is -3.73. The first-order valence-corrected chi connectivity index (χ1v) is 10.3. The van der Waals surface area contributed by atoms with E-state index in [1.54, 1.807) is 24.3 Å². The Morgan fingerprint density at radius 1 is 1.00 bits per heavy atom. The maximum Gasteiger partial charge on any atom is 0.243 e. The third-order valence-corrected chi connectivity index (χ3v) is 6.08. The van der Waals surface area contributed by atoms with Gasteiger partial charge in [0.05, 0.1) is 17.7 Å². The van der Waals surface area contributed by atoms with E-state index in [1.807, 2.05) is 30.3 Å². The van der Waals surface area contributed by atoms with Gasteiger partial charge in [-0.15, -0.1) is 0 Å². The number of anilines is 1. The number of hydrogen-bond acceptors (Lipinski definition) is 4. The van der Waals surface area contributed by atoms with Gasteiger partial charge < -0.3 is 9.73 Å². The monoisotopic (exact) mass is 398 g/mol. The highest BCUT2D eigenvalue weighted by Crippen LogP contribution is 2.21. The topological polar surface area (TPSA) is 79.6 Å². The average molecular weight is 398 g/mol. The van der Waals surface area contributed by atoms with E-state index < -0.39 is 10.0 Å². The van der Waals surface area contributed by atoms with Crippen molar-refractivity contribution >= 4 is 21.6 Å². The minimum absolute atomic E-state index is 0.148. The molecule has 3 rings (SSSR count). The third kappa shape index (κ3) is 5.09. The smallest absolute Gasteiger partial charge is 0.243 e. The first-order chi connectivity index (χ1) is 13.4. The molecule has 2 aromatic carbocycles. The number of benzene rings is 2. The van der Waals surface area contributed by atoms with Gasteiger partial charge in [-0.3, -0.25) is 4.79 Å². The predicted octanol–water partition coefficient (Wildman–Crippen LogP) is 3.67. The van der Waals surface area contributed by atoms with Gasteiger partial charge in [0.15, 0.2) is 0 Å². The summed E-state index contributed by atoms with van der Waals surface area (Å²) in [6.07, 6.45) is 2.12. The molecular formula is C21H22N2O4S. The van der Waals surface area contributed by atoms with Crippen LogP contribution in [0.4, 0.5) is 5.69 Å². The highest BCUT2D eigenvalue weighted by molar-refractivity contribution is 7.89. The molecule has 3 aromatic rings. The van der Waals surface area contributed by atoms with Crippen LogP contribution in [0.15, 0.2) is 82.3 Å². The summed E-state index contributed by atoms with van der Waals surface area (Å²) in [4.78, 5) is 11.3. The van der Waals surface area contributed by atoms with Crippen molar-refractivity contribution in [1.82, 2.24) is 4.31 Å². The molecule has 1 amide bonds. The van der Waals surface area contributed by atoms with E-state index in [0.29, 0.717) is 24.4 Å². The number of amides is 1. The molecule has 1 N–H and O–H groups in total. The average Bonchev–Trinajstić information content (AvgIpc) is 3.19. The van der Waals surface area contributed by atoms with Crippen LogP contribution in [0.5, 0.6) is 0 Å². The first kappa shape index (κ1) is 19.9. The summed E-state index contributed by atoms with van der Waals surface area (Å²) in [5.74, 6) is 0.365. The summed E-state index contributed by atoms with van der Waals surface area (Å²) in [5, 5.41) is 2.63. The molecule has 146 valence electrons. The van der Waals surface area contributed by atoms with Crippen molar-refractivity contribution in [1.29, 1.82) is 0 Å². The summed E-state index contributed by atoms with van der Waals surface area (Å²) in [5.41, 5.74) is 1.61. The van der Waals surface area contributed by atoms with Gasteiger partial charge >= 0.3 is 0 Å². The molecule has 1 aromatic heterocycles. The molecule has 6 nitrogen and oxygen atoms in total. The fraction of sp³-hybridized carbons (Fsp3) is 0.190. The lowest BCUT2D eigenvalue weighted by atomic mass is 10.1. The summed E-state index contributed by atoms with van der Waals surface area (Å²) in [6, 6.07) is 19.4. The van der Waals surface area contributed by atoms with E-state index in [1.165, 1.54) is 29.6 Å². The van der Waals surface area contributed by atoms with E-state index in [2.05, 4.69) is 5.32 Å². The van der Waals surface area contributed by atoms with Crippen LogP contribution in [0.3, 0.4) is 0 Å². The normalized spacial score (nSPS) is 11.5. The highest BCUT2D eigenvalue weighted by atomic mass is 32.2. The maximum absolute atomic E-state index is 13.2. The minimum Gasteiger partial charge on any atom is -0.468 e. The van der Waals surface area contributed by atoms with E-state index in [9.17, 15) is 13.2 Å². The van der Waals surface area contributed by atoms with Gasteiger partial charge in [0, 0.05) is 19.2 Å². The van der Waals surface area contributed by atoms with Gasteiger partial charge in [0.1, 0.15) is 5.76 Å². The van der Waals surface area contributed by atoms with Crippen LogP contribution in [0.25, 0.3) is 0 Å². The Morgan fingerprint density at radius 3 is 2.32 bits per heavy atom.